The summed E-state index contributed by atoms with van der Waals surface area (Å²) < 4.78 is 13.7. The van der Waals surface area contributed by atoms with E-state index in [2.05, 4.69) is 11.8 Å². The molecule has 2 amide bonds. The van der Waals surface area contributed by atoms with Crippen LogP contribution in [0, 0.1) is 12.7 Å². The predicted octanol–water partition coefficient (Wildman–Crippen LogP) is 3.71. The van der Waals surface area contributed by atoms with E-state index in [9.17, 15) is 14.0 Å². The van der Waals surface area contributed by atoms with Crippen molar-refractivity contribution in [2.45, 2.75) is 13.8 Å². The van der Waals surface area contributed by atoms with E-state index in [0.717, 1.165) is 30.1 Å². The number of nitrogens with zero attached hydrogens (tertiary/aromatic N) is 3. The highest BCUT2D eigenvalue weighted by atomic mass is 35.5. The Morgan fingerprint density at radius 3 is 2.23 bits per heavy atom. The first kappa shape index (κ1) is 20.6. The number of halogens is 2. The van der Waals surface area contributed by atoms with Gasteiger partial charge in [0.05, 0.1) is 16.3 Å². The number of hydrogen-bond acceptors (Lipinski definition) is 4. The van der Waals surface area contributed by atoms with Crippen molar-refractivity contribution in [1.29, 1.82) is 0 Å². The van der Waals surface area contributed by atoms with Crippen LogP contribution in [0.3, 0.4) is 0 Å². The van der Waals surface area contributed by atoms with E-state index in [1.54, 1.807) is 0 Å². The van der Waals surface area contributed by atoms with Crippen LogP contribution < -0.4 is 4.90 Å². The molecule has 5 nitrogen and oxygen atoms in total. The fourth-order valence-electron chi connectivity index (χ4n) is 3.94. The van der Waals surface area contributed by atoms with E-state index in [0.29, 0.717) is 29.9 Å². The van der Waals surface area contributed by atoms with Crippen LogP contribution in [-0.4, -0.2) is 54.3 Å². The molecule has 0 saturated carbocycles. The van der Waals surface area contributed by atoms with E-state index >= 15 is 0 Å². The zero-order valence-corrected chi connectivity index (χ0v) is 17.7. The molecular formula is C23H23ClFN3O2. The molecule has 0 N–H and O–H groups in total. The fraction of sp³-hybridized carbons (Fsp3) is 0.304. The molecule has 2 aromatic carbocycles. The van der Waals surface area contributed by atoms with E-state index in [1.807, 2.05) is 36.1 Å². The lowest BCUT2D eigenvalue weighted by Gasteiger charge is -2.36. The smallest absolute Gasteiger partial charge is 0.282 e. The summed E-state index contributed by atoms with van der Waals surface area (Å²) in [5.41, 5.74) is 2.81. The molecule has 1 fully saturated rings. The Morgan fingerprint density at radius 2 is 1.63 bits per heavy atom. The second kappa shape index (κ2) is 8.20. The first-order valence-corrected chi connectivity index (χ1v) is 10.4. The number of piperazine rings is 1. The fourth-order valence-corrected chi connectivity index (χ4v) is 4.11. The van der Waals surface area contributed by atoms with Crippen molar-refractivity contribution in [3.63, 3.8) is 0 Å². The van der Waals surface area contributed by atoms with Crippen LogP contribution in [0.15, 0.2) is 48.2 Å². The van der Waals surface area contributed by atoms with E-state index in [-0.39, 0.29) is 10.7 Å². The highest BCUT2D eigenvalue weighted by molar-refractivity contribution is 6.45. The lowest BCUT2D eigenvalue weighted by atomic mass is 10.0. The first-order chi connectivity index (χ1) is 14.4. The highest BCUT2D eigenvalue weighted by Gasteiger charge is 2.43. The average Bonchev–Trinajstić information content (AvgIpc) is 3.01. The van der Waals surface area contributed by atoms with Gasteiger partial charge in [0.2, 0.25) is 0 Å². The molecule has 2 aromatic rings. The Balaban J connectivity index is 1.78. The molecule has 1 saturated heterocycles. The Kier molecular flexibility index (Phi) is 5.62. The second-order valence-corrected chi connectivity index (χ2v) is 7.96. The van der Waals surface area contributed by atoms with Gasteiger partial charge in [-0.1, -0.05) is 48.4 Å². The number of carbonyl (C=O) groups excluding carboxylic acids is 2. The third-order valence-corrected chi connectivity index (χ3v) is 5.99. The van der Waals surface area contributed by atoms with Gasteiger partial charge in [0.15, 0.2) is 0 Å². The summed E-state index contributed by atoms with van der Waals surface area (Å²) in [6, 6.07) is 11.5. The van der Waals surface area contributed by atoms with Crippen molar-refractivity contribution in [1.82, 2.24) is 9.80 Å². The van der Waals surface area contributed by atoms with Crippen molar-refractivity contribution < 1.29 is 14.0 Å². The van der Waals surface area contributed by atoms with Gasteiger partial charge in [-0.25, -0.2) is 9.29 Å². The van der Waals surface area contributed by atoms with Gasteiger partial charge in [0.25, 0.3) is 11.8 Å². The minimum Gasteiger partial charge on any atom is -0.364 e. The maximum atomic E-state index is 13.7. The average molecular weight is 428 g/mol. The topological polar surface area (TPSA) is 43.9 Å². The monoisotopic (exact) mass is 427 g/mol. The van der Waals surface area contributed by atoms with Crippen molar-refractivity contribution >= 4 is 34.7 Å². The van der Waals surface area contributed by atoms with Gasteiger partial charge < -0.3 is 9.80 Å². The molecule has 0 aliphatic carbocycles. The molecule has 0 atom stereocenters. The van der Waals surface area contributed by atoms with Gasteiger partial charge in [-0.15, -0.1) is 0 Å². The SMILES string of the molecule is CCN1CCN(C2=C(c3ccc(C)cc3)C(=O)N(c3ccc(F)c(Cl)c3)C2=O)CC1. The van der Waals surface area contributed by atoms with Crippen LogP contribution >= 0.6 is 11.6 Å². The third kappa shape index (κ3) is 3.61. The Hall–Kier alpha value is -2.70. The van der Waals surface area contributed by atoms with Gasteiger partial charge >= 0.3 is 0 Å². The molecule has 0 aromatic heterocycles. The molecule has 0 bridgehead atoms. The molecule has 2 aliphatic heterocycles. The van der Waals surface area contributed by atoms with Crippen LogP contribution in [0.5, 0.6) is 0 Å². The van der Waals surface area contributed by atoms with Crippen molar-refractivity contribution in [2.24, 2.45) is 0 Å². The standard InChI is InChI=1S/C23H23ClFN3O2/c1-3-26-10-12-27(13-11-26)21-20(16-6-4-15(2)5-7-16)22(29)28(23(21)30)17-8-9-19(25)18(24)14-17/h4-9,14H,3,10-13H2,1-2H3. The Bertz CT molecular complexity index is 1030. The van der Waals surface area contributed by atoms with Crippen molar-refractivity contribution in [3.05, 3.63) is 70.1 Å². The number of aryl methyl sites for hydroxylation is 1. The summed E-state index contributed by atoms with van der Waals surface area (Å²) in [7, 11) is 0. The van der Waals surface area contributed by atoms with Crippen LogP contribution in [0.1, 0.15) is 18.1 Å². The van der Waals surface area contributed by atoms with Gasteiger partial charge in [0, 0.05) is 26.2 Å². The summed E-state index contributed by atoms with van der Waals surface area (Å²) in [5, 5.41) is -0.130. The van der Waals surface area contributed by atoms with Gasteiger partial charge in [0.1, 0.15) is 11.5 Å². The Labute approximate surface area is 180 Å². The number of likely N-dealkylation sites (N-methyl/N-ethyl adjacent to an activating group) is 1. The highest BCUT2D eigenvalue weighted by Crippen LogP contribution is 2.36. The number of anilines is 1. The number of carbonyl (C=O) groups is 2. The number of rotatable bonds is 4. The Morgan fingerprint density at radius 1 is 0.967 bits per heavy atom. The van der Waals surface area contributed by atoms with Crippen LogP contribution in [-0.2, 0) is 9.59 Å². The van der Waals surface area contributed by atoms with E-state index < -0.39 is 17.6 Å². The van der Waals surface area contributed by atoms with Gasteiger partial charge in [-0.3, -0.25) is 9.59 Å². The molecule has 7 heteroatoms. The quantitative estimate of drug-likeness (QED) is 0.698. The van der Waals surface area contributed by atoms with E-state index in [4.69, 9.17) is 11.6 Å². The number of imide groups is 1. The predicted molar refractivity (Wildman–Crippen MR) is 116 cm³/mol. The molecule has 2 heterocycles. The van der Waals surface area contributed by atoms with Gasteiger partial charge in [-0.2, -0.15) is 0 Å². The maximum Gasteiger partial charge on any atom is 0.282 e. The molecule has 4 rings (SSSR count). The normalized spacial score (nSPS) is 18.0. The number of amides is 2. The first-order valence-electron chi connectivity index (χ1n) is 10.0. The third-order valence-electron chi connectivity index (χ3n) is 5.70. The number of hydrogen-bond donors (Lipinski definition) is 0. The lowest BCUT2D eigenvalue weighted by molar-refractivity contribution is -0.120. The van der Waals surface area contributed by atoms with Gasteiger partial charge in [-0.05, 0) is 37.2 Å². The van der Waals surface area contributed by atoms with Crippen LogP contribution in [0.4, 0.5) is 10.1 Å². The molecule has 0 spiro atoms. The van der Waals surface area contributed by atoms with Crippen LogP contribution in [0.2, 0.25) is 5.02 Å². The molecular weight excluding hydrogens is 405 g/mol. The number of benzene rings is 2. The largest absolute Gasteiger partial charge is 0.364 e. The second-order valence-electron chi connectivity index (χ2n) is 7.56. The summed E-state index contributed by atoms with van der Waals surface area (Å²) in [5.74, 6) is -1.41. The lowest BCUT2D eigenvalue weighted by Crippen LogP contribution is -2.47. The molecule has 0 radical (unpaired) electrons. The zero-order chi connectivity index (χ0) is 21.4. The van der Waals surface area contributed by atoms with Crippen molar-refractivity contribution in [2.75, 3.05) is 37.6 Å². The summed E-state index contributed by atoms with van der Waals surface area (Å²) in [6.07, 6.45) is 0. The molecule has 30 heavy (non-hydrogen) atoms. The summed E-state index contributed by atoms with van der Waals surface area (Å²) in [6.45, 7) is 8.00. The van der Waals surface area contributed by atoms with Crippen LogP contribution in [0.25, 0.3) is 5.57 Å². The molecule has 0 unspecified atom stereocenters. The minimum absolute atomic E-state index is 0.130. The van der Waals surface area contributed by atoms with Crippen molar-refractivity contribution in [3.8, 4) is 0 Å². The van der Waals surface area contributed by atoms with E-state index in [1.165, 1.54) is 18.2 Å². The molecule has 156 valence electrons. The summed E-state index contributed by atoms with van der Waals surface area (Å²) >= 11 is 5.92. The molecule has 2 aliphatic rings. The summed E-state index contributed by atoms with van der Waals surface area (Å²) in [4.78, 5) is 32.3. The zero-order valence-electron chi connectivity index (χ0n) is 17.0. The minimum atomic E-state index is -0.595. The maximum absolute atomic E-state index is 13.7.